The molecule has 0 aromatic carbocycles. The van der Waals surface area contributed by atoms with Gasteiger partial charge in [0, 0.05) is 31.0 Å². The molecule has 0 spiro atoms. The van der Waals surface area contributed by atoms with Crippen LogP contribution in [0.1, 0.15) is 12.8 Å². The molecular formula is C10H12N2. The number of unbranched alkanes of at least 4 members (excludes halogenated alkanes) is 1. The highest BCUT2D eigenvalue weighted by Gasteiger charge is 1.87. The molecule has 1 aromatic rings. The fourth-order valence-corrected chi connectivity index (χ4v) is 0.893. The number of hydrogen-bond acceptors (Lipinski definition) is 2. The van der Waals surface area contributed by atoms with E-state index in [9.17, 15) is 0 Å². The average Bonchev–Trinajstić information content (AvgIpc) is 2.14. The van der Waals surface area contributed by atoms with Gasteiger partial charge in [-0.15, -0.1) is 12.3 Å². The molecule has 2 heteroatoms. The molecule has 0 aliphatic carbocycles. The van der Waals surface area contributed by atoms with Crippen LogP contribution in [0.5, 0.6) is 0 Å². The van der Waals surface area contributed by atoms with Crippen molar-refractivity contribution in [1.82, 2.24) is 4.98 Å². The van der Waals surface area contributed by atoms with Gasteiger partial charge in [-0.2, -0.15) is 0 Å². The first-order chi connectivity index (χ1) is 5.93. The fourth-order valence-electron chi connectivity index (χ4n) is 0.893. The molecule has 0 aliphatic rings. The molecule has 1 aromatic heterocycles. The molecule has 0 radical (unpaired) electrons. The number of aromatic nitrogens is 1. The molecule has 1 N–H and O–H groups in total. The molecule has 0 bridgehead atoms. The minimum absolute atomic E-state index is 0.831. The minimum Gasteiger partial charge on any atom is -0.385 e. The third kappa shape index (κ3) is 3.07. The number of rotatable bonds is 4. The van der Waals surface area contributed by atoms with E-state index in [1.54, 1.807) is 12.4 Å². The van der Waals surface area contributed by atoms with Gasteiger partial charge in [0.1, 0.15) is 0 Å². The summed E-state index contributed by atoms with van der Waals surface area (Å²) >= 11 is 0. The Hall–Kier alpha value is -1.49. The highest BCUT2D eigenvalue weighted by molar-refractivity contribution is 5.40. The topological polar surface area (TPSA) is 24.9 Å². The number of pyridine rings is 1. The van der Waals surface area contributed by atoms with Crippen molar-refractivity contribution in [2.24, 2.45) is 0 Å². The van der Waals surface area contributed by atoms with Crippen LogP contribution in [-0.2, 0) is 0 Å². The van der Waals surface area contributed by atoms with Gasteiger partial charge in [-0.3, -0.25) is 4.98 Å². The molecule has 0 saturated carbocycles. The zero-order chi connectivity index (χ0) is 8.65. The molecule has 0 atom stereocenters. The number of hydrogen-bond donors (Lipinski definition) is 1. The Morgan fingerprint density at radius 3 is 2.83 bits per heavy atom. The van der Waals surface area contributed by atoms with Crippen molar-refractivity contribution in [2.45, 2.75) is 12.8 Å². The van der Waals surface area contributed by atoms with Gasteiger partial charge in [-0.05, 0) is 18.6 Å². The highest BCUT2D eigenvalue weighted by atomic mass is 14.9. The first kappa shape index (κ1) is 8.61. The van der Waals surface area contributed by atoms with Crippen LogP contribution < -0.4 is 5.32 Å². The molecule has 0 amide bonds. The van der Waals surface area contributed by atoms with Crippen LogP contribution in [0.15, 0.2) is 24.5 Å². The zero-order valence-electron chi connectivity index (χ0n) is 6.96. The van der Waals surface area contributed by atoms with Crippen molar-refractivity contribution in [1.29, 1.82) is 0 Å². The van der Waals surface area contributed by atoms with Gasteiger partial charge in [-0.1, -0.05) is 0 Å². The van der Waals surface area contributed by atoms with Gasteiger partial charge in [0.05, 0.1) is 0 Å². The van der Waals surface area contributed by atoms with E-state index in [4.69, 9.17) is 6.42 Å². The first-order valence-corrected chi connectivity index (χ1v) is 4.01. The summed E-state index contributed by atoms with van der Waals surface area (Å²) in [5.74, 6) is 2.60. The van der Waals surface area contributed by atoms with Crippen LogP contribution in [0.3, 0.4) is 0 Å². The minimum atomic E-state index is 0.831. The average molecular weight is 160 g/mol. The molecule has 0 saturated heterocycles. The number of nitrogens with one attached hydrogen (secondary N) is 1. The normalized spacial score (nSPS) is 8.92. The third-order valence-electron chi connectivity index (χ3n) is 1.51. The Morgan fingerprint density at radius 1 is 1.42 bits per heavy atom. The number of nitrogens with zero attached hydrogens (tertiary/aromatic N) is 1. The van der Waals surface area contributed by atoms with Crippen LogP contribution in [0.4, 0.5) is 5.69 Å². The second-order valence-electron chi connectivity index (χ2n) is 2.47. The van der Waals surface area contributed by atoms with Crippen molar-refractivity contribution in [3.8, 4) is 12.3 Å². The molecule has 62 valence electrons. The Labute approximate surface area is 73.0 Å². The predicted molar refractivity (Wildman–Crippen MR) is 50.8 cm³/mol. The molecule has 2 nitrogen and oxygen atoms in total. The Kier molecular flexibility index (Phi) is 3.73. The largest absolute Gasteiger partial charge is 0.385 e. The van der Waals surface area contributed by atoms with Crippen molar-refractivity contribution in [3.63, 3.8) is 0 Å². The maximum absolute atomic E-state index is 5.12. The molecule has 0 unspecified atom stereocenters. The van der Waals surface area contributed by atoms with Crippen molar-refractivity contribution in [3.05, 3.63) is 24.5 Å². The second kappa shape index (κ2) is 5.20. The summed E-state index contributed by atoms with van der Waals surface area (Å²) in [7, 11) is 0. The molecular weight excluding hydrogens is 148 g/mol. The van der Waals surface area contributed by atoms with E-state index in [0.717, 1.165) is 25.1 Å². The van der Waals surface area contributed by atoms with Crippen molar-refractivity contribution in [2.75, 3.05) is 11.9 Å². The lowest BCUT2D eigenvalue weighted by Gasteiger charge is -2.02. The van der Waals surface area contributed by atoms with Gasteiger partial charge in [0.15, 0.2) is 0 Å². The van der Waals surface area contributed by atoms with Crippen LogP contribution in [0.25, 0.3) is 0 Å². The van der Waals surface area contributed by atoms with Gasteiger partial charge in [-0.25, -0.2) is 0 Å². The SMILES string of the molecule is C#CCCCNc1ccncc1. The Balaban J connectivity index is 2.21. The van der Waals surface area contributed by atoms with E-state index < -0.39 is 0 Å². The lowest BCUT2D eigenvalue weighted by Crippen LogP contribution is -2.00. The molecule has 1 heterocycles. The maximum Gasteiger partial charge on any atom is 0.0371 e. The van der Waals surface area contributed by atoms with E-state index in [-0.39, 0.29) is 0 Å². The number of terminal acetylenes is 1. The highest BCUT2D eigenvalue weighted by Crippen LogP contribution is 2.02. The standard InChI is InChI=1S/C10H12N2/c1-2-3-4-7-12-10-5-8-11-9-6-10/h1,5-6,8-9H,3-4,7H2,(H,11,12). The summed E-state index contributed by atoms with van der Waals surface area (Å²) in [4.78, 5) is 3.92. The molecule has 1 rings (SSSR count). The lowest BCUT2D eigenvalue weighted by atomic mass is 10.3. The zero-order valence-corrected chi connectivity index (χ0v) is 6.96. The van der Waals surface area contributed by atoms with Crippen molar-refractivity contribution < 1.29 is 0 Å². The van der Waals surface area contributed by atoms with Crippen LogP contribution in [0, 0.1) is 12.3 Å². The second-order valence-corrected chi connectivity index (χ2v) is 2.47. The van der Waals surface area contributed by atoms with Crippen LogP contribution >= 0.6 is 0 Å². The third-order valence-corrected chi connectivity index (χ3v) is 1.51. The smallest absolute Gasteiger partial charge is 0.0371 e. The van der Waals surface area contributed by atoms with Crippen LogP contribution in [-0.4, -0.2) is 11.5 Å². The summed E-state index contributed by atoms with van der Waals surface area (Å²) in [5.41, 5.74) is 1.10. The van der Waals surface area contributed by atoms with Crippen molar-refractivity contribution >= 4 is 5.69 Å². The van der Waals surface area contributed by atoms with E-state index in [0.29, 0.717) is 0 Å². The van der Waals surface area contributed by atoms with E-state index in [1.807, 2.05) is 12.1 Å². The maximum atomic E-state index is 5.12. The number of anilines is 1. The summed E-state index contributed by atoms with van der Waals surface area (Å²) in [6.45, 7) is 0.925. The summed E-state index contributed by atoms with van der Waals surface area (Å²) in [6.07, 6.45) is 10.5. The molecule has 0 fully saturated rings. The van der Waals surface area contributed by atoms with Gasteiger partial charge >= 0.3 is 0 Å². The van der Waals surface area contributed by atoms with Gasteiger partial charge in [0.2, 0.25) is 0 Å². The van der Waals surface area contributed by atoms with E-state index >= 15 is 0 Å². The van der Waals surface area contributed by atoms with E-state index in [2.05, 4.69) is 16.2 Å². The monoisotopic (exact) mass is 160 g/mol. The summed E-state index contributed by atoms with van der Waals surface area (Å²) in [5, 5.41) is 3.24. The predicted octanol–water partition coefficient (Wildman–Crippen LogP) is 1.91. The Bertz CT molecular complexity index is 248. The summed E-state index contributed by atoms with van der Waals surface area (Å²) < 4.78 is 0. The van der Waals surface area contributed by atoms with Gasteiger partial charge < -0.3 is 5.32 Å². The van der Waals surface area contributed by atoms with Gasteiger partial charge in [0.25, 0.3) is 0 Å². The van der Waals surface area contributed by atoms with Crippen LogP contribution in [0.2, 0.25) is 0 Å². The lowest BCUT2D eigenvalue weighted by molar-refractivity contribution is 0.907. The fraction of sp³-hybridized carbons (Fsp3) is 0.300. The molecule has 0 aliphatic heterocycles. The molecule has 12 heavy (non-hydrogen) atoms. The van der Waals surface area contributed by atoms with E-state index in [1.165, 1.54) is 0 Å². The summed E-state index contributed by atoms with van der Waals surface area (Å²) in [6, 6.07) is 3.88. The Morgan fingerprint density at radius 2 is 2.17 bits per heavy atom. The quantitative estimate of drug-likeness (QED) is 0.537. The first-order valence-electron chi connectivity index (χ1n) is 4.01.